The Balaban J connectivity index is 1.80. The average Bonchev–Trinajstić information content (AvgIpc) is 2.54. The van der Waals surface area contributed by atoms with E-state index in [1.54, 1.807) is 13.1 Å². The number of aryl methyl sites for hydroxylation is 1. The maximum atomic E-state index is 12.1. The van der Waals surface area contributed by atoms with Crippen molar-refractivity contribution in [1.29, 1.82) is 0 Å². The molecule has 0 aliphatic carbocycles. The Bertz CT molecular complexity index is 716. The van der Waals surface area contributed by atoms with E-state index in [2.05, 4.69) is 27.9 Å². The molecule has 0 aromatic heterocycles. The van der Waals surface area contributed by atoms with Crippen LogP contribution in [0.4, 0.5) is 5.69 Å². The summed E-state index contributed by atoms with van der Waals surface area (Å²) < 4.78 is 6.49. The molecule has 0 heterocycles. The number of anilines is 1. The van der Waals surface area contributed by atoms with Crippen LogP contribution in [-0.2, 0) is 9.59 Å². The summed E-state index contributed by atoms with van der Waals surface area (Å²) in [6.45, 7) is 1.85. The van der Waals surface area contributed by atoms with Gasteiger partial charge < -0.3 is 15.0 Å². The van der Waals surface area contributed by atoms with Gasteiger partial charge in [0.2, 0.25) is 5.91 Å². The molecule has 6 heteroatoms. The maximum Gasteiger partial charge on any atom is 0.260 e. The van der Waals surface area contributed by atoms with E-state index in [9.17, 15) is 9.59 Å². The second-order valence-corrected chi connectivity index (χ2v) is 6.66. The maximum absolute atomic E-state index is 12.1. The standard InChI is InChI=1S/C18H19IN2O3/c1-13-6-8-15(9-7-13)20-17(22)11-21(2)18(23)12-24-16-5-3-4-14(19)10-16/h3-10H,11-12H2,1-2H3,(H,20,22). The van der Waals surface area contributed by atoms with Gasteiger partial charge in [0.05, 0.1) is 6.54 Å². The summed E-state index contributed by atoms with van der Waals surface area (Å²) in [5, 5.41) is 2.76. The quantitative estimate of drug-likeness (QED) is 0.706. The van der Waals surface area contributed by atoms with Crippen molar-refractivity contribution in [1.82, 2.24) is 4.90 Å². The summed E-state index contributed by atoms with van der Waals surface area (Å²) in [5.41, 5.74) is 1.83. The topological polar surface area (TPSA) is 58.6 Å². The lowest BCUT2D eigenvalue weighted by atomic mass is 10.2. The molecule has 2 rings (SSSR count). The number of nitrogens with zero attached hydrogens (tertiary/aromatic N) is 1. The summed E-state index contributed by atoms with van der Waals surface area (Å²) in [5.74, 6) is 0.129. The Morgan fingerprint density at radius 1 is 1.17 bits per heavy atom. The lowest BCUT2D eigenvalue weighted by Gasteiger charge is -2.17. The molecule has 0 unspecified atom stereocenters. The Hall–Kier alpha value is -2.09. The van der Waals surface area contributed by atoms with E-state index in [1.807, 2.05) is 49.4 Å². The van der Waals surface area contributed by atoms with Gasteiger partial charge in [0.25, 0.3) is 5.91 Å². The number of benzene rings is 2. The smallest absolute Gasteiger partial charge is 0.260 e. The van der Waals surface area contributed by atoms with Gasteiger partial charge in [-0.1, -0.05) is 23.8 Å². The minimum Gasteiger partial charge on any atom is -0.484 e. The van der Waals surface area contributed by atoms with Gasteiger partial charge in [-0.05, 0) is 59.8 Å². The Kier molecular flexibility index (Phi) is 6.60. The van der Waals surface area contributed by atoms with Crippen molar-refractivity contribution >= 4 is 40.1 Å². The van der Waals surface area contributed by atoms with Crippen LogP contribution in [0.3, 0.4) is 0 Å². The first-order chi connectivity index (χ1) is 11.4. The molecule has 0 spiro atoms. The van der Waals surface area contributed by atoms with Gasteiger partial charge >= 0.3 is 0 Å². The number of halogens is 1. The Morgan fingerprint density at radius 2 is 1.88 bits per heavy atom. The van der Waals surface area contributed by atoms with Gasteiger partial charge in [-0.15, -0.1) is 0 Å². The van der Waals surface area contributed by atoms with Crippen molar-refractivity contribution in [2.75, 3.05) is 25.5 Å². The Labute approximate surface area is 155 Å². The average molecular weight is 438 g/mol. The van der Waals surface area contributed by atoms with E-state index < -0.39 is 0 Å². The highest BCUT2D eigenvalue weighted by molar-refractivity contribution is 14.1. The molecule has 0 saturated heterocycles. The van der Waals surface area contributed by atoms with Gasteiger partial charge in [0, 0.05) is 16.3 Å². The van der Waals surface area contributed by atoms with Crippen molar-refractivity contribution in [2.24, 2.45) is 0 Å². The predicted molar refractivity (Wildman–Crippen MR) is 102 cm³/mol. The third-order valence-corrected chi connectivity index (χ3v) is 3.97. The molecule has 2 aromatic rings. The number of carbonyl (C=O) groups is 2. The third kappa shape index (κ3) is 5.84. The van der Waals surface area contributed by atoms with Crippen LogP contribution in [-0.4, -0.2) is 36.9 Å². The number of ether oxygens (including phenoxy) is 1. The van der Waals surface area contributed by atoms with E-state index in [-0.39, 0.29) is 25.0 Å². The van der Waals surface area contributed by atoms with Gasteiger partial charge in [-0.3, -0.25) is 9.59 Å². The minimum atomic E-state index is -0.257. The molecule has 0 saturated carbocycles. The van der Waals surface area contributed by atoms with Gasteiger partial charge in [-0.2, -0.15) is 0 Å². The molecule has 24 heavy (non-hydrogen) atoms. The van der Waals surface area contributed by atoms with E-state index in [1.165, 1.54) is 4.90 Å². The molecular weight excluding hydrogens is 419 g/mol. The summed E-state index contributed by atoms with van der Waals surface area (Å²) >= 11 is 2.18. The zero-order valence-corrected chi connectivity index (χ0v) is 15.7. The second-order valence-electron chi connectivity index (χ2n) is 5.41. The predicted octanol–water partition coefficient (Wildman–Crippen LogP) is 3.08. The van der Waals surface area contributed by atoms with Crippen LogP contribution in [0, 0.1) is 10.5 Å². The number of rotatable bonds is 6. The number of nitrogens with one attached hydrogen (secondary N) is 1. The highest BCUT2D eigenvalue weighted by Gasteiger charge is 2.14. The summed E-state index contributed by atoms with van der Waals surface area (Å²) in [6.07, 6.45) is 0. The zero-order chi connectivity index (χ0) is 17.5. The molecule has 0 aliphatic heterocycles. The van der Waals surface area contributed by atoms with Crippen LogP contribution < -0.4 is 10.1 Å². The molecule has 1 N–H and O–H groups in total. The normalized spacial score (nSPS) is 10.1. The van der Waals surface area contributed by atoms with Gasteiger partial charge in [0.15, 0.2) is 6.61 Å². The van der Waals surface area contributed by atoms with Crippen molar-refractivity contribution in [3.8, 4) is 5.75 Å². The van der Waals surface area contributed by atoms with Gasteiger partial charge in [0.1, 0.15) is 5.75 Å². The van der Waals surface area contributed by atoms with E-state index >= 15 is 0 Å². The van der Waals surface area contributed by atoms with Crippen molar-refractivity contribution < 1.29 is 14.3 Å². The molecule has 2 amide bonds. The van der Waals surface area contributed by atoms with Crippen molar-refractivity contribution in [3.63, 3.8) is 0 Å². The monoisotopic (exact) mass is 438 g/mol. The molecular formula is C18H19IN2O3. The van der Waals surface area contributed by atoms with Crippen LogP contribution in [0.2, 0.25) is 0 Å². The third-order valence-electron chi connectivity index (χ3n) is 3.30. The number of hydrogen-bond donors (Lipinski definition) is 1. The van der Waals surface area contributed by atoms with Crippen LogP contribution in [0.1, 0.15) is 5.56 Å². The molecule has 2 aromatic carbocycles. The van der Waals surface area contributed by atoms with E-state index in [4.69, 9.17) is 4.74 Å². The molecule has 0 radical (unpaired) electrons. The first-order valence-electron chi connectivity index (χ1n) is 7.43. The second kappa shape index (κ2) is 8.68. The molecule has 0 bridgehead atoms. The fourth-order valence-electron chi connectivity index (χ4n) is 1.95. The van der Waals surface area contributed by atoms with Crippen molar-refractivity contribution in [2.45, 2.75) is 6.92 Å². The largest absolute Gasteiger partial charge is 0.484 e. The van der Waals surface area contributed by atoms with Crippen molar-refractivity contribution in [3.05, 3.63) is 57.7 Å². The highest BCUT2D eigenvalue weighted by Crippen LogP contribution is 2.14. The molecule has 126 valence electrons. The van der Waals surface area contributed by atoms with Gasteiger partial charge in [-0.25, -0.2) is 0 Å². The minimum absolute atomic E-state index is 0.0254. The van der Waals surface area contributed by atoms with E-state index in [0.29, 0.717) is 11.4 Å². The Morgan fingerprint density at radius 3 is 2.54 bits per heavy atom. The summed E-state index contributed by atoms with van der Waals surface area (Å²) in [6, 6.07) is 14.9. The number of likely N-dealkylation sites (N-methyl/N-ethyl adjacent to an activating group) is 1. The molecule has 5 nitrogen and oxygen atoms in total. The lowest BCUT2D eigenvalue weighted by Crippen LogP contribution is -2.37. The first-order valence-corrected chi connectivity index (χ1v) is 8.51. The van der Waals surface area contributed by atoms with E-state index in [0.717, 1.165) is 9.13 Å². The molecule has 0 atom stereocenters. The fourth-order valence-corrected chi connectivity index (χ4v) is 2.47. The lowest BCUT2D eigenvalue weighted by molar-refractivity contribution is -0.135. The van der Waals surface area contributed by atoms with Crippen LogP contribution in [0.5, 0.6) is 5.75 Å². The number of hydrogen-bond acceptors (Lipinski definition) is 3. The number of amides is 2. The SMILES string of the molecule is Cc1ccc(NC(=O)CN(C)C(=O)COc2cccc(I)c2)cc1. The number of carbonyl (C=O) groups excluding carboxylic acids is 2. The summed E-state index contributed by atoms with van der Waals surface area (Å²) in [7, 11) is 1.58. The van der Waals surface area contributed by atoms with Crippen LogP contribution in [0.25, 0.3) is 0 Å². The highest BCUT2D eigenvalue weighted by atomic mass is 127. The van der Waals surface area contributed by atoms with Crippen LogP contribution >= 0.6 is 22.6 Å². The van der Waals surface area contributed by atoms with Crippen LogP contribution in [0.15, 0.2) is 48.5 Å². The first kappa shape index (κ1) is 18.3. The summed E-state index contributed by atoms with van der Waals surface area (Å²) in [4.78, 5) is 25.4. The zero-order valence-electron chi connectivity index (χ0n) is 13.6. The fraction of sp³-hybridized carbons (Fsp3) is 0.222. The molecule has 0 aliphatic rings. The molecule has 0 fully saturated rings.